The molecule has 0 aromatic heterocycles. The number of hydrogen-bond donors (Lipinski definition) is 2. The van der Waals surface area contributed by atoms with Crippen molar-refractivity contribution < 1.29 is 14.0 Å². The Morgan fingerprint density at radius 1 is 1.38 bits per heavy atom. The highest BCUT2D eigenvalue weighted by atomic mass is 35.5. The fourth-order valence-corrected chi connectivity index (χ4v) is 2.90. The van der Waals surface area contributed by atoms with Crippen molar-refractivity contribution in [3.05, 3.63) is 58.4 Å². The third-order valence-corrected chi connectivity index (χ3v) is 4.04. The number of anilines is 2. The van der Waals surface area contributed by atoms with Crippen LogP contribution in [0.3, 0.4) is 0 Å². The molecule has 3 rings (SSSR count). The Kier molecular flexibility index (Phi) is 4.19. The molecule has 1 aliphatic rings. The standard InChI is InChI=1S/C17H11ClFN3O2/c18-13-6-10(19)5-9(8-20)16(13)22-17(24)12-7-15(23)21-14-4-2-1-3-11(12)14/h1-6,12H,7H2,(H,21,23)(H,22,24)/t12-/m1/s1. The molecule has 2 aromatic carbocycles. The van der Waals surface area contributed by atoms with Crippen LogP contribution in [0.4, 0.5) is 15.8 Å². The Balaban J connectivity index is 1.95. The van der Waals surface area contributed by atoms with Crippen molar-refractivity contribution in [3.63, 3.8) is 0 Å². The molecular weight excluding hydrogens is 333 g/mol. The van der Waals surface area contributed by atoms with Crippen LogP contribution in [-0.2, 0) is 9.59 Å². The van der Waals surface area contributed by atoms with Crippen LogP contribution in [0.15, 0.2) is 36.4 Å². The molecule has 2 N–H and O–H groups in total. The number of halogens is 2. The van der Waals surface area contributed by atoms with Gasteiger partial charge in [-0.2, -0.15) is 5.26 Å². The first-order valence-corrected chi connectivity index (χ1v) is 7.46. The molecule has 0 aliphatic carbocycles. The van der Waals surface area contributed by atoms with Gasteiger partial charge in [-0.25, -0.2) is 4.39 Å². The molecule has 0 fully saturated rings. The van der Waals surface area contributed by atoms with Gasteiger partial charge < -0.3 is 10.6 Å². The first-order valence-electron chi connectivity index (χ1n) is 7.08. The number of rotatable bonds is 2. The van der Waals surface area contributed by atoms with Crippen LogP contribution in [-0.4, -0.2) is 11.8 Å². The molecule has 7 heteroatoms. The number of amides is 2. The molecule has 2 amide bonds. The normalized spacial score (nSPS) is 15.9. The predicted octanol–water partition coefficient (Wildman–Crippen LogP) is 3.42. The number of hydrogen-bond acceptors (Lipinski definition) is 3. The van der Waals surface area contributed by atoms with Crippen molar-refractivity contribution >= 4 is 34.8 Å². The summed E-state index contributed by atoms with van der Waals surface area (Å²) < 4.78 is 13.3. The highest BCUT2D eigenvalue weighted by Gasteiger charge is 2.31. The van der Waals surface area contributed by atoms with E-state index in [4.69, 9.17) is 16.9 Å². The number of nitriles is 1. The van der Waals surface area contributed by atoms with Gasteiger partial charge in [0.25, 0.3) is 0 Å². The maximum Gasteiger partial charge on any atom is 0.232 e. The van der Waals surface area contributed by atoms with Crippen molar-refractivity contribution in [2.45, 2.75) is 12.3 Å². The molecule has 1 atom stereocenters. The molecule has 0 bridgehead atoms. The second-order valence-corrected chi connectivity index (χ2v) is 5.71. The van der Waals surface area contributed by atoms with Crippen LogP contribution in [0.2, 0.25) is 5.02 Å². The summed E-state index contributed by atoms with van der Waals surface area (Å²) in [6.45, 7) is 0. The van der Waals surface area contributed by atoms with E-state index < -0.39 is 17.6 Å². The highest BCUT2D eigenvalue weighted by Crippen LogP contribution is 2.34. The van der Waals surface area contributed by atoms with Crippen molar-refractivity contribution in [1.29, 1.82) is 5.26 Å². The predicted molar refractivity (Wildman–Crippen MR) is 87.2 cm³/mol. The first-order chi connectivity index (χ1) is 11.5. The smallest absolute Gasteiger partial charge is 0.232 e. The third kappa shape index (κ3) is 2.94. The lowest BCUT2D eigenvalue weighted by Gasteiger charge is -2.25. The molecule has 0 radical (unpaired) electrons. The van der Waals surface area contributed by atoms with Crippen LogP contribution in [0.5, 0.6) is 0 Å². The second-order valence-electron chi connectivity index (χ2n) is 5.30. The van der Waals surface area contributed by atoms with Crippen LogP contribution in [0, 0.1) is 17.1 Å². The van der Waals surface area contributed by atoms with E-state index in [0.29, 0.717) is 11.3 Å². The minimum absolute atomic E-state index is 0.0243. The van der Waals surface area contributed by atoms with E-state index in [2.05, 4.69) is 10.6 Å². The fraction of sp³-hybridized carbons (Fsp3) is 0.118. The van der Waals surface area contributed by atoms with Crippen LogP contribution in [0.25, 0.3) is 0 Å². The third-order valence-electron chi connectivity index (χ3n) is 3.74. The SMILES string of the molecule is N#Cc1cc(F)cc(Cl)c1NC(=O)[C@@H]1CC(=O)Nc2ccccc21. The summed E-state index contributed by atoms with van der Waals surface area (Å²) in [6, 6.07) is 10.8. The molecule has 0 saturated carbocycles. The van der Waals surface area contributed by atoms with Gasteiger partial charge in [-0.3, -0.25) is 9.59 Å². The first kappa shape index (κ1) is 16.0. The van der Waals surface area contributed by atoms with Crippen LogP contribution in [0.1, 0.15) is 23.5 Å². The Morgan fingerprint density at radius 3 is 2.88 bits per heavy atom. The molecule has 5 nitrogen and oxygen atoms in total. The van der Waals surface area contributed by atoms with E-state index >= 15 is 0 Å². The minimum atomic E-state index is -0.720. The summed E-state index contributed by atoms with van der Waals surface area (Å²) in [4.78, 5) is 24.4. The molecular formula is C17H11ClFN3O2. The molecule has 120 valence electrons. The lowest BCUT2D eigenvalue weighted by Crippen LogP contribution is -2.31. The van der Waals surface area contributed by atoms with E-state index in [1.54, 1.807) is 30.3 Å². The maximum absolute atomic E-state index is 13.3. The van der Waals surface area contributed by atoms with Crippen LogP contribution >= 0.6 is 11.6 Å². The largest absolute Gasteiger partial charge is 0.326 e. The van der Waals surface area contributed by atoms with E-state index in [9.17, 15) is 14.0 Å². The quantitative estimate of drug-likeness (QED) is 0.876. The van der Waals surface area contributed by atoms with Gasteiger partial charge in [0.15, 0.2) is 0 Å². The summed E-state index contributed by atoms with van der Waals surface area (Å²) in [6.07, 6.45) is -0.0243. The molecule has 24 heavy (non-hydrogen) atoms. The van der Waals surface area contributed by atoms with Crippen molar-refractivity contribution in [3.8, 4) is 6.07 Å². The molecule has 1 aliphatic heterocycles. The topological polar surface area (TPSA) is 82.0 Å². The lowest BCUT2D eigenvalue weighted by molar-refractivity contribution is -0.123. The Labute approximate surface area is 142 Å². The second kappa shape index (κ2) is 6.30. The average Bonchev–Trinajstić information content (AvgIpc) is 2.56. The Morgan fingerprint density at radius 2 is 2.12 bits per heavy atom. The summed E-state index contributed by atoms with van der Waals surface area (Å²) in [5, 5.41) is 14.3. The van der Waals surface area contributed by atoms with E-state index in [1.807, 2.05) is 0 Å². The summed E-state index contributed by atoms with van der Waals surface area (Å²) >= 11 is 5.94. The molecule has 0 saturated heterocycles. The number of para-hydroxylation sites is 1. The average molecular weight is 344 g/mol. The minimum Gasteiger partial charge on any atom is -0.326 e. The number of fused-ring (bicyclic) bond motifs is 1. The van der Waals surface area contributed by atoms with Gasteiger partial charge in [-0.1, -0.05) is 29.8 Å². The summed E-state index contributed by atoms with van der Waals surface area (Å²) in [5.41, 5.74) is 1.20. The number of carbonyl (C=O) groups is 2. The van der Waals surface area contributed by atoms with Gasteiger partial charge in [0, 0.05) is 12.1 Å². The molecule has 1 heterocycles. The van der Waals surface area contributed by atoms with Gasteiger partial charge in [0.1, 0.15) is 11.9 Å². The number of carbonyl (C=O) groups excluding carboxylic acids is 2. The zero-order valence-corrected chi connectivity index (χ0v) is 13.0. The van der Waals surface area contributed by atoms with E-state index in [0.717, 1.165) is 12.1 Å². The van der Waals surface area contributed by atoms with E-state index in [-0.39, 0.29) is 28.6 Å². The van der Waals surface area contributed by atoms with Gasteiger partial charge >= 0.3 is 0 Å². The maximum atomic E-state index is 13.3. The highest BCUT2D eigenvalue weighted by molar-refractivity contribution is 6.34. The Bertz CT molecular complexity index is 892. The van der Waals surface area contributed by atoms with Crippen molar-refractivity contribution in [2.75, 3.05) is 10.6 Å². The lowest BCUT2D eigenvalue weighted by atomic mass is 9.89. The van der Waals surface area contributed by atoms with Gasteiger partial charge in [-0.05, 0) is 23.8 Å². The molecule has 2 aromatic rings. The number of nitrogens with one attached hydrogen (secondary N) is 2. The summed E-state index contributed by atoms with van der Waals surface area (Å²) in [5.74, 6) is -2.15. The van der Waals surface area contributed by atoms with Crippen molar-refractivity contribution in [1.82, 2.24) is 0 Å². The Hall–Kier alpha value is -2.91. The zero-order valence-electron chi connectivity index (χ0n) is 12.3. The van der Waals surface area contributed by atoms with Gasteiger partial charge in [0.05, 0.1) is 22.2 Å². The van der Waals surface area contributed by atoms with Crippen LogP contribution < -0.4 is 10.6 Å². The van der Waals surface area contributed by atoms with Crippen molar-refractivity contribution in [2.24, 2.45) is 0 Å². The fourth-order valence-electron chi connectivity index (χ4n) is 2.64. The molecule has 0 unspecified atom stereocenters. The molecule has 0 spiro atoms. The number of benzene rings is 2. The van der Waals surface area contributed by atoms with Gasteiger partial charge in [0.2, 0.25) is 11.8 Å². The number of nitrogens with zero attached hydrogens (tertiary/aromatic N) is 1. The monoisotopic (exact) mass is 343 g/mol. The van der Waals surface area contributed by atoms with Gasteiger partial charge in [-0.15, -0.1) is 0 Å². The zero-order chi connectivity index (χ0) is 17.3. The van der Waals surface area contributed by atoms with E-state index in [1.165, 1.54) is 0 Å². The summed E-state index contributed by atoms with van der Waals surface area (Å²) in [7, 11) is 0.